The summed E-state index contributed by atoms with van der Waals surface area (Å²) in [7, 11) is 0. The fourth-order valence-corrected chi connectivity index (χ4v) is 2.68. The lowest BCUT2D eigenvalue weighted by Gasteiger charge is -2.27. The van der Waals surface area contributed by atoms with E-state index in [-0.39, 0.29) is 12.5 Å². The minimum atomic E-state index is -0.606. The van der Waals surface area contributed by atoms with Gasteiger partial charge < -0.3 is 14.5 Å². The molecule has 0 aromatic heterocycles. The summed E-state index contributed by atoms with van der Waals surface area (Å²) in [5, 5.41) is 4.35. The molecule has 0 unspecified atom stereocenters. The molecule has 0 aliphatic carbocycles. The monoisotopic (exact) mass is 340 g/mol. The van der Waals surface area contributed by atoms with Crippen molar-refractivity contribution in [1.29, 1.82) is 0 Å². The van der Waals surface area contributed by atoms with E-state index in [4.69, 9.17) is 21.2 Å². The van der Waals surface area contributed by atoms with E-state index in [2.05, 4.69) is 10.7 Å². The Bertz CT molecular complexity index is 606. The van der Waals surface area contributed by atoms with Crippen LogP contribution >= 0.6 is 11.6 Å². The number of ether oxygens (including phenoxy) is 1. The Kier molecular flexibility index (Phi) is 4.97. The number of hydrogen-bond acceptors (Lipinski definition) is 6. The van der Waals surface area contributed by atoms with Gasteiger partial charge in [0.25, 0.3) is 5.91 Å². The Morgan fingerprint density at radius 2 is 2.26 bits per heavy atom. The highest BCUT2D eigenvalue weighted by Crippen LogP contribution is 2.29. The SMILES string of the molecule is O=C(Nc1ccc(N2CCOCC2=O)c(Cl)c1)ON1CCCN1. The van der Waals surface area contributed by atoms with E-state index in [1.165, 1.54) is 5.17 Å². The van der Waals surface area contributed by atoms with Crippen LogP contribution in [-0.4, -0.2) is 50.0 Å². The number of rotatable bonds is 3. The number of hydrogen-bond donors (Lipinski definition) is 2. The molecule has 2 aliphatic rings. The summed E-state index contributed by atoms with van der Waals surface area (Å²) in [6.07, 6.45) is 0.312. The van der Waals surface area contributed by atoms with Gasteiger partial charge in [0, 0.05) is 18.8 Å². The van der Waals surface area contributed by atoms with Crippen LogP contribution in [0, 0.1) is 0 Å². The van der Waals surface area contributed by atoms with Crippen LogP contribution in [0.15, 0.2) is 18.2 Å². The fraction of sp³-hybridized carbons (Fsp3) is 0.429. The van der Waals surface area contributed by atoms with Gasteiger partial charge in [0.15, 0.2) is 0 Å². The van der Waals surface area contributed by atoms with Crippen molar-refractivity contribution in [2.45, 2.75) is 6.42 Å². The zero-order valence-corrected chi connectivity index (χ0v) is 13.1. The first-order valence-corrected chi connectivity index (χ1v) is 7.69. The molecule has 8 nitrogen and oxygen atoms in total. The molecule has 124 valence electrons. The number of carbonyl (C=O) groups excluding carboxylic acids is 2. The average Bonchev–Trinajstić information content (AvgIpc) is 3.01. The Balaban J connectivity index is 1.64. The zero-order valence-electron chi connectivity index (χ0n) is 12.4. The number of morpholine rings is 1. The van der Waals surface area contributed by atoms with E-state index >= 15 is 0 Å². The van der Waals surface area contributed by atoms with E-state index in [1.807, 2.05) is 0 Å². The van der Waals surface area contributed by atoms with Gasteiger partial charge in [0.2, 0.25) is 0 Å². The smallest absolute Gasteiger partial charge is 0.370 e. The third kappa shape index (κ3) is 3.91. The lowest BCUT2D eigenvalue weighted by molar-refractivity contribution is -0.125. The minimum Gasteiger partial charge on any atom is -0.370 e. The summed E-state index contributed by atoms with van der Waals surface area (Å²) < 4.78 is 5.09. The van der Waals surface area contributed by atoms with Gasteiger partial charge >= 0.3 is 6.09 Å². The molecule has 0 radical (unpaired) electrons. The number of anilines is 2. The van der Waals surface area contributed by atoms with Crippen LogP contribution in [0.3, 0.4) is 0 Å². The molecule has 9 heteroatoms. The molecule has 0 bridgehead atoms. The van der Waals surface area contributed by atoms with E-state index in [0.717, 1.165) is 13.0 Å². The predicted octanol–water partition coefficient (Wildman–Crippen LogP) is 1.38. The van der Waals surface area contributed by atoms with Crippen molar-refractivity contribution in [2.75, 3.05) is 43.1 Å². The lowest BCUT2D eigenvalue weighted by Crippen LogP contribution is -2.41. The number of nitrogens with one attached hydrogen (secondary N) is 2. The van der Waals surface area contributed by atoms with Crippen molar-refractivity contribution in [1.82, 2.24) is 10.6 Å². The summed E-state index contributed by atoms with van der Waals surface area (Å²) in [6.45, 7) is 2.39. The Morgan fingerprint density at radius 3 is 2.96 bits per heavy atom. The van der Waals surface area contributed by atoms with E-state index < -0.39 is 6.09 Å². The van der Waals surface area contributed by atoms with Crippen molar-refractivity contribution in [3.05, 3.63) is 23.2 Å². The van der Waals surface area contributed by atoms with Crippen molar-refractivity contribution in [3.63, 3.8) is 0 Å². The van der Waals surface area contributed by atoms with Gasteiger partial charge in [-0.1, -0.05) is 16.8 Å². The zero-order chi connectivity index (χ0) is 16.2. The van der Waals surface area contributed by atoms with Crippen molar-refractivity contribution >= 4 is 35.0 Å². The van der Waals surface area contributed by atoms with Crippen LogP contribution < -0.4 is 15.6 Å². The highest BCUT2D eigenvalue weighted by atomic mass is 35.5. The van der Waals surface area contributed by atoms with Gasteiger partial charge in [-0.3, -0.25) is 10.1 Å². The molecule has 2 heterocycles. The fourth-order valence-electron chi connectivity index (χ4n) is 2.40. The number of hydroxylamine groups is 1. The quantitative estimate of drug-likeness (QED) is 0.865. The highest BCUT2D eigenvalue weighted by Gasteiger charge is 2.22. The first-order valence-electron chi connectivity index (χ1n) is 7.31. The highest BCUT2D eigenvalue weighted by molar-refractivity contribution is 6.34. The molecule has 0 atom stereocenters. The summed E-state index contributed by atoms with van der Waals surface area (Å²) in [4.78, 5) is 30.3. The number of carbonyl (C=O) groups is 2. The maximum Gasteiger partial charge on any atom is 0.431 e. The average molecular weight is 341 g/mol. The molecule has 0 saturated carbocycles. The second-order valence-electron chi connectivity index (χ2n) is 5.13. The number of halogens is 1. The Labute approximate surface area is 138 Å². The van der Waals surface area contributed by atoms with Gasteiger partial charge in [-0.15, -0.1) is 0 Å². The molecule has 3 rings (SSSR count). The van der Waals surface area contributed by atoms with Gasteiger partial charge in [-0.05, 0) is 24.6 Å². The molecule has 23 heavy (non-hydrogen) atoms. The molecule has 2 fully saturated rings. The van der Waals surface area contributed by atoms with Crippen LogP contribution in [-0.2, 0) is 14.4 Å². The first-order chi connectivity index (χ1) is 11.1. The molecule has 0 spiro atoms. The topological polar surface area (TPSA) is 83.1 Å². The molecular formula is C14H17ClN4O4. The van der Waals surface area contributed by atoms with Gasteiger partial charge in [-0.25, -0.2) is 10.2 Å². The van der Waals surface area contributed by atoms with Crippen LogP contribution in [0.2, 0.25) is 5.02 Å². The van der Waals surface area contributed by atoms with Crippen LogP contribution in [0.5, 0.6) is 0 Å². The first kappa shape index (κ1) is 16.0. The molecule has 2 aliphatic heterocycles. The maximum atomic E-state index is 11.8. The second-order valence-corrected chi connectivity index (χ2v) is 5.54. The van der Waals surface area contributed by atoms with Gasteiger partial charge in [-0.2, -0.15) is 0 Å². The molecule has 2 saturated heterocycles. The number of amides is 2. The predicted molar refractivity (Wildman–Crippen MR) is 84.1 cm³/mol. The maximum absolute atomic E-state index is 11.8. The molecule has 2 amide bonds. The van der Waals surface area contributed by atoms with Gasteiger partial charge in [0.1, 0.15) is 6.61 Å². The number of hydrazine groups is 1. The number of nitrogens with zero attached hydrogens (tertiary/aromatic N) is 2. The van der Waals surface area contributed by atoms with Gasteiger partial charge in [0.05, 0.1) is 23.9 Å². The van der Waals surface area contributed by atoms with Crippen LogP contribution in [0.1, 0.15) is 6.42 Å². The van der Waals surface area contributed by atoms with E-state index in [1.54, 1.807) is 23.1 Å². The van der Waals surface area contributed by atoms with Crippen molar-refractivity contribution in [2.24, 2.45) is 0 Å². The molecule has 1 aromatic rings. The van der Waals surface area contributed by atoms with Crippen molar-refractivity contribution in [3.8, 4) is 0 Å². The molecular weight excluding hydrogens is 324 g/mol. The van der Waals surface area contributed by atoms with Crippen molar-refractivity contribution < 1.29 is 19.2 Å². The normalized spacial score (nSPS) is 19.0. The van der Waals surface area contributed by atoms with Crippen LogP contribution in [0.25, 0.3) is 0 Å². The largest absolute Gasteiger partial charge is 0.431 e. The Morgan fingerprint density at radius 1 is 1.39 bits per heavy atom. The third-order valence-corrected chi connectivity index (χ3v) is 3.79. The molecule has 2 N–H and O–H groups in total. The van der Waals surface area contributed by atoms with E-state index in [9.17, 15) is 9.59 Å². The minimum absolute atomic E-state index is 0.0471. The number of benzene rings is 1. The lowest BCUT2D eigenvalue weighted by atomic mass is 10.2. The van der Waals surface area contributed by atoms with Crippen LogP contribution in [0.4, 0.5) is 16.2 Å². The summed E-state index contributed by atoms with van der Waals surface area (Å²) in [6, 6.07) is 4.94. The molecule has 1 aromatic carbocycles. The van der Waals surface area contributed by atoms with E-state index in [0.29, 0.717) is 36.1 Å². The summed E-state index contributed by atoms with van der Waals surface area (Å²) in [5.41, 5.74) is 4.00. The summed E-state index contributed by atoms with van der Waals surface area (Å²) in [5.74, 6) is -0.140. The Hall–Kier alpha value is -1.87. The second kappa shape index (κ2) is 7.14. The summed E-state index contributed by atoms with van der Waals surface area (Å²) >= 11 is 6.23. The standard InChI is InChI=1S/C14H17ClN4O4/c15-11-8-10(17-14(21)23-19-5-1-4-16-19)2-3-12(11)18-6-7-22-9-13(18)20/h2-3,8,16H,1,4-7,9H2,(H,17,21). The third-order valence-electron chi connectivity index (χ3n) is 3.49.